The first-order chi connectivity index (χ1) is 15.5. The number of nitrogens with zero attached hydrogens (tertiary/aromatic N) is 3. The molecule has 0 N–H and O–H groups in total. The first-order valence-electron chi connectivity index (χ1n) is 10.9. The van der Waals surface area contributed by atoms with Crippen LogP contribution in [0.1, 0.15) is 39.4 Å². The lowest BCUT2D eigenvalue weighted by atomic mass is 10.1. The third-order valence-electron chi connectivity index (χ3n) is 5.87. The molecule has 1 saturated heterocycles. The summed E-state index contributed by atoms with van der Waals surface area (Å²) in [4.78, 5) is 39.3. The van der Waals surface area contributed by atoms with E-state index in [1.807, 2.05) is 26.8 Å². The zero-order valence-electron chi connectivity index (χ0n) is 18.8. The molecule has 33 heavy (non-hydrogen) atoms. The van der Waals surface area contributed by atoms with Crippen molar-refractivity contribution in [3.05, 3.63) is 56.4 Å². The number of benzene rings is 1. The highest BCUT2D eigenvalue weighted by atomic mass is 19.1. The van der Waals surface area contributed by atoms with Crippen LogP contribution in [0.3, 0.4) is 0 Å². The minimum Gasteiger partial charge on any atom is -0.444 e. The summed E-state index contributed by atoms with van der Waals surface area (Å²) in [6.07, 6.45) is 3.12. The zero-order valence-corrected chi connectivity index (χ0v) is 18.8. The SMILES string of the molecule is CC(C)(C)OC(=O)N1CCN(C2C=C(c3cc4c([N+](=O)[O-])cc(F)cc4c(=O)o3)CC2)CC1. The third-order valence-corrected chi connectivity index (χ3v) is 5.87. The van der Waals surface area contributed by atoms with E-state index >= 15 is 0 Å². The van der Waals surface area contributed by atoms with Crippen LogP contribution in [0.15, 0.2) is 33.5 Å². The number of nitro benzene ring substituents is 1. The smallest absolute Gasteiger partial charge is 0.410 e. The molecule has 1 unspecified atom stereocenters. The second kappa shape index (κ2) is 8.58. The molecule has 1 fully saturated rings. The van der Waals surface area contributed by atoms with Gasteiger partial charge in [0.25, 0.3) is 5.69 Å². The van der Waals surface area contributed by atoms with Crippen molar-refractivity contribution in [3.8, 4) is 0 Å². The summed E-state index contributed by atoms with van der Waals surface area (Å²) in [5.41, 5.74) is -1.03. The Morgan fingerprint density at radius 3 is 2.52 bits per heavy atom. The number of amides is 1. The molecule has 2 heterocycles. The van der Waals surface area contributed by atoms with Crippen molar-refractivity contribution < 1.29 is 23.3 Å². The quantitative estimate of drug-likeness (QED) is 0.506. The average molecular weight is 459 g/mol. The summed E-state index contributed by atoms with van der Waals surface area (Å²) in [6.45, 7) is 7.97. The monoisotopic (exact) mass is 459 g/mol. The van der Waals surface area contributed by atoms with Gasteiger partial charge in [0.05, 0.1) is 21.8 Å². The molecule has 1 aliphatic heterocycles. The fourth-order valence-electron chi connectivity index (χ4n) is 4.31. The van der Waals surface area contributed by atoms with E-state index in [0.29, 0.717) is 32.6 Å². The van der Waals surface area contributed by atoms with E-state index in [0.717, 1.165) is 24.1 Å². The molecular weight excluding hydrogens is 433 g/mol. The lowest BCUT2D eigenvalue weighted by Gasteiger charge is -2.37. The Morgan fingerprint density at radius 1 is 1.18 bits per heavy atom. The van der Waals surface area contributed by atoms with Crippen molar-refractivity contribution in [3.63, 3.8) is 0 Å². The van der Waals surface area contributed by atoms with Gasteiger partial charge in [-0.1, -0.05) is 6.08 Å². The van der Waals surface area contributed by atoms with E-state index < -0.39 is 27.7 Å². The highest BCUT2D eigenvalue weighted by Crippen LogP contribution is 2.34. The van der Waals surface area contributed by atoms with Crippen molar-refractivity contribution in [1.29, 1.82) is 0 Å². The van der Waals surface area contributed by atoms with Gasteiger partial charge in [-0.25, -0.2) is 14.0 Å². The molecular formula is C23H26FN3O6. The van der Waals surface area contributed by atoms with Crippen LogP contribution in [0.4, 0.5) is 14.9 Å². The Hall–Kier alpha value is -3.27. The first-order valence-corrected chi connectivity index (χ1v) is 10.9. The van der Waals surface area contributed by atoms with E-state index in [4.69, 9.17) is 9.15 Å². The van der Waals surface area contributed by atoms with Crippen molar-refractivity contribution in [2.75, 3.05) is 26.2 Å². The lowest BCUT2D eigenvalue weighted by molar-refractivity contribution is -0.383. The number of rotatable bonds is 3. The summed E-state index contributed by atoms with van der Waals surface area (Å²) >= 11 is 0. The van der Waals surface area contributed by atoms with Crippen molar-refractivity contribution in [1.82, 2.24) is 9.80 Å². The molecule has 2 aromatic rings. The number of nitro groups is 1. The highest BCUT2D eigenvalue weighted by molar-refractivity contribution is 5.91. The van der Waals surface area contributed by atoms with Crippen molar-refractivity contribution in [2.45, 2.75) is 45.3 Å². The molecule has 0 radical (unpaired) electrons. The van der Waals surface area contributed by atoms with Crippen LogP contribution >= 0.6 is 0 Å². The summed E-state index contributed by atoms with van der Waals surface area (Å²) < 4.78 is 24.5. The summed E-state index contributed by atoms with van der Waals surface area (Å²) in [5, 5.41) is 11.3. The van der Waals surface area contributed by atoms with Gasteiger partial charge in [0.2, 0.25) is 0 Å². The number of carbonyl (C=O) groups is 1. The van der Waals surface area contributed by atoms with Gasteiger partial charge in [-0.3, -0.25) is 15.0 Å². The predicted octanol–water partition coefficient (Wildman–Crippen LogP) is 3.94. The minimum absolute atomic E-state index is 0.0583. The Morgan fingerprint density at radius 2 is 1.88 bits per heavy atom. The summed E-state index contributed by atoms with van der Waals surface area (Å²) in [7, 11) is 0. The van der Waals surface area contributed by atoms with Crippen LogP contribution in [0.25, 0.3) is 16.3 Å². The molecule has 1 aliphatic carbocycles. The van der Waals surface area contributed by atoms with Gasteiger partial charge in [-0.05, 0) is 51.3 Å². The molecule has 1 amide bonds. The normalized spacial score (nSPS) is 19.6. The predicted molar refractivity (Wildman–Crippen MR) is 119 cm³/mol. The van der Waals surface area contributed by atoms with Gasteiger partial charge >= 0.3 is 11.7 Å². The van der Waals surface area contributed by atoms with Crippen LogP contribution in [0, 0.1) is 15.9 Å². The van der Waals surface area contributed by atoms with E-state index in [1.54, 1.807) is 4.90 Å². The summed E-state index contributed by atoms with van der Waals surface area (Å²) in [6, 6.07) is 3.31. The number of hydrogen-bond acceptors (Lipinski definition) is 7. The number of piperazine rings is 1. The first kappa shape index (κ1) is 22.9. The number of halogens is 1. The molecule has 4 rings (SSSR count). The maximum atomic E-state index is 13.7. The van der Waals surface area contributed by atoms with Gasteiger partial charge < -0.3 is 14.1 Å². The molecule has 2 aliphatic rings. The molecule has 0 bridgehead atoms. The molecule has 0 saturated carbocycles. The zero-order chi connectivity index (χ0) is 23.9. The number of non-ortho nitro benzene ring substituents is 1. The molecule has 1 aromatic heterocycles. The molecule has 1 atom stereocenters. The van der Waals surface area contributed by atoms with E-state index in [1.165, 1.54) is 6.07 Å². The van der Waals surface area contributed by atoms with E-state index in [9.17, 15) is 24.1 Å². The average Bonchev–Trinajstić information content (AvgIpc) is 3.23. The van der Waals surface area contributed by atoms with Crippen LogP contribution in [-0.2, 0) is 4.74 Å². The molecule has 9 nitrogen and oxygen atoms in total. The lowest BCUT2D eigenvalue weighted by Crippen LogP contribution is -2.52. The van der Waals surface area contributed by atoms with Crippen LogP contribution in [0.5, 0.6) is 0 Å². The third kappa shape index (κ3) is 4.90. The maximum Gasteiger partial charge on any atom is 0.410 e. The fraction of sp³-hybridized carbons (Fsp3) is 0.478. The van der Waals surface area contributed by atoms with Gasteiger partial charge in [0.1, 0.15) is 17.2 Å². The van der Waals surface area contributed by atoms with Crippen LogP contribution in [0.2, 0.25) is 0 Å². The number of hydrogen-bond donors (Lipinski definition) is 0. The number of ether oxygens (including phenoxy) is 1. The Balaban J connectivity index is 1.51. The molecule has 176 valence electrons. The van der Waals surface area contributed by atoms with E-state index in [2.05, 4.69) is 4.90 Å². The van der Waals surface area contributed by atoms with Crippen LogP contribution in [-0.4, -0.2) is 58.6 Å². The second-order valence-electron chi connectivity index (χ2n) is 9.34. The fourth-order valence-corrected chi connectivity index (χ4v) is 4.31. The highest BCUT2D eigenvalue weighted by Gasteiger charge is 2.31. The largest absolute Gasteiger partial charge is 0.444 e. The number of allylic oxidation sites excluding steroid dienone is 1. The molecule has 10 heteroatoms. The van der Waals surface area contributed by atoms with Crippen LogP contribution < -0.4 is 5.63 Å². The topological polar surface area (TPSA) is 106 Å². The van der Waals surface area contributed by atoms with Crippen molar-refractivity contribution >= 4 is 28.1 Å². The minimum atomic E-state index is -0.861. The maximum absolute atomic E-state index is 13.7. The standard InChI is InChI=1S/C23H26FN3O6/c1-23(2,3)33-22(29)26-8-6-25(7-9-26)16-5-4-14(10-16)20-13-17-18(21(28)32-20)11-15(24)12-19(17)27(30)31/h10-13,16H,4-9H2,1-3H3. The molecule has 0 spiro atoms. The number of fused-ring (bicyclic) bond motifs is 1. The van der Waals surface area contributed by atoms with Gasteiger partial charge in [-0.15, -0.1) is 0 Å². The van der Waals surface area contributed by atoms with Crippen molar-refractivity contribution in [2.24, 2.45) is 0 Å². The van der Waals surface area contributed by atoms with Gasteiger partial charge in [0, 0.05) is 32.2 Å². The summed E-state index contributed by atoms with van der Waals surface area (Å²) in [5.74, 6) is -0.600. The van der Waals surface area contributed by atoms with Gasteiger partial charge in [0.15, 0.2) is 0 Å². The second-order valence-corrected chi connectivity index (χ2v) is 9.34. The van der Waals surface area contributed by atoms with Gasteiger partial charge in [-0.2, -0.15) is 0 Å². The number of carbonyl (C=O) groups excluding carboxylic acids is 1. The Labute approximate surface area is 189 Å². The molecule has 1 aromatic carbocycles. The Kier molecular flexibility index (Phi) is 5.96. The Bertz CT molecular complexity index is 1190. The van der Waals surface area contributed by atoms with E-state index in [-0.39, 0.29) is 28.7 Å².